The van der Waals surface area contributed by atoms with E-state index in [2.05, 4.69) is 0 Å². The summed E-state index contributed by atoms with van der Waals surface area (Å²) < 4.78 is 5.69. The molecule has 0 saturated carbocycles. The van der Waals surface area contributed by atoms with Gasteiger partial charge in [-0.3, -0.25) is 14.5 Å². The number of furan rings is 1. The molecular formula is C16H12ClNO4S. The normalized spacial score (nSPS) is 16.6. The number of carbonyl (C=O) groups excluding carboxylic acids is 2. The van der Waals surface area contributed by atoms with Gasteiger partial charge in [0, 0.05) is 11.6 Å². The molecule has 1 N–H and O–H groups in total. The summed E-state index contributed by atoms with van der Waals surface area (Å²) in [5.74, 6) is 0.607. The van der Waals surface area contributed by atoms with Crippen molar-refractivity contribution in [3.05, 3.63) is 52.1 Å². The molecular weight excluding hydrogens is 338 g/mol. The Balaban J connectivity index is 1.86. The number of nitrogens with zero attached hydrogens (tertiary/aromatic N) is 1. The van der Waals surface area contributed by atoms with Gasteiger partial charge in [-0.15, -0.1) is 0 Å². The number of imide groups is 1. The maximum atomic E-state index is 12.1. The first-order valence-corrected chi connectivity index (χ1v) is 8.00. The second-order valence-corrected chi connectivity index (χ2v) is 6.14. The van der Waals surface area contributed by atoms with E-state index in [0.717, 1.165) is 22.2 Å². The zero-order valence-corrected chi connectivity index (χ0v) is 13.4. The van der Waals surface area contributed by atoms with Crippen LogP contribution in [0.1, 0.15) is 5.76 Å². The minimum atomic E-state index is -0.426. The van der Waals surface area contributed by atoms with Gasteiger partial charge in [-0.2, -0.15) is 0 Å². The van der Waals surface area contributed by atoms with Crippen molar-refractivity contribution < 1.29 is 19.1 Å². The zero-order chi connectivity index (χ0) is 16.4. The van der Waals surface area contributed by atoms with E-state index in [4.69, 9.17) is 21.1 Å². The molecule has 0 aliphatic carbocycles. The smallest absolute Gasteiger partial charge is 0.293 e. The van der Waals surface area contributed by atoms with E-state index < -0.39 is 11.1 Å². The molecule has 0 atom stereocenters. The summed E-state index contributed by atoms with van der Waals surface area (Å²) in [6.45, 7) is -0.270. The van der Waals surface area contributed by atoms with Gasteiger partial charge in [0.1, 0.15) is 11.5 Å². The molecule has 0 unspecified atom stereocenters. The minimum absolute atomic E-state index is 0.00889. The van der Waals surface area contributed by atoms with Gasteiger partial charge in [0.25, 0.3) is 11.1 Å². The SMILES string of the molecule is O=C1S/C(=C\c2ccc(-c3ccccc3Cl)o2)C(=O)N1CCO. The van der Waals surface area contributed by atoms with Crippen molar-refractivity contribution in [2.45, 2.75) is 0 Å². The van der Waals surface area contributed by atoms with E-state index >= 15 is 0 Å². The van der Waals surface area contributed by atoms with Crippen molar-refractivity contribution >= 4 is 40.6 Å². The lowest BCUT2D eigenvalue weighted by molar-refractivity contribution is -0.123. The average molecular weight is 350 g/mol. The van der Waals surface area contributed by atoms with Crippen LogP contribution in [0, 0.1) is 0 Å². The van der Waals surface area contributed by atoms with Crippen LogP contribution in [-0.2, 0) is 4.79 Å². The zero-order valence-electron chi connectivity index (χ0n) is 11.9. The fourth-order valence-electron chi connectivity index (χ4n) is 2.16. The van der Waals surface area contributed by atoms with E-state index in [1.807, 2.05) is 18.2 Å². The standard InChI is InChI=1S/C16H12ClNO4S/c17-12-4-2-1-3-11(12)13-6-5-10(22-13)9-14-15(20)18(7-8-19)16(21)23-14/h1-6,9,19H,7-8H2/b14-9-. The second kappa shape index (κ2) is 6.62. The monoisotopic (exact) mass is 349 g/mol. The van der Waals surface area contributed by atoms with Gasteiger partial charge in [-0.25, -0.2) is 0 Å². The minimum Gasteiger partial charge on any atom is -0.457 e. The Kier molecular flexibility index (Phi) is 4.56. The first kappa shape index (κ1) is 15.9. The number of rotatable bonds is 4. The second-order valence-electron chi connectivity index (χ2n) is 4.74. The third-order valence-electron chi connectivity index (χ3n) is 3.24. The van der Waals surface area contributed by atoms with Crippen LogP contribution in [0.2, 0.25) is 5.02 Å². The van der Waals surface area contributed by atoms with Crippen LogP contribution < -0.4 is 0 Å². The highest BCUT2D eigenvalue weighted by Crippen LogP contribution is 2.34. The molecule has 1 saturated heterocycles. The fourth-order valence-corrected chi connectivity index (χ4v) is 3.23. The van der Waals surface area contributed by atoms with Crippen LogP contribution in [0.3, 0.4) is 0 Å². The van der Waals surface area contributed by atoms with Crippen LogP contribution in [0.5, 0.6) is 0 Å². The summed E-state index contributed by atoms with van der Waals surface area (Å²) in [6, 6.07) is 10.7. The van der Waals surface area contributed by atoms with Gasteiger partial charge in [0.05, 0.1) is 23.1 Å². The van der Waals surface area contributed by atoms with E-state index in [1.165, 1.54) is 6.08 Å². The van der Waals surface area contributed by atoms with E-state index in [9.17, 15) is 9.59 Å². The molecule has 2 aromatic rings. The van der Waals surface area contributed by atoms with Gasteiger partial charge in [0.2, 0.25) is 0 Å². The molecule has 0 spiro atoms. The van der Waals surface area contributed by atoms with Gasteiger partial charge in [-0.05, 0) is 36.0 Å². The van der Waals surface area contributed by atoms with Gasteiger partial charge in [-0.1, -0.05) is 23.7 Å². The molecule has 23 heavy (non-hydrogen) atoms. The fraction of sp³-hybridized carbons (Fsp3) is 0.125. The number of aliphatic hydroxyl groups is 1. The quantitative estimate of drug-likeness (QED) is 0.853. The van der Waals surface area contributed by atoms with E-state index in [0.29, 0.717) is 16.5 Å². The number of thioether (sulfide) groups is 1. The Bertz CT molecular complexity index is 799. The molecule has 7 heteroatoms. The summed E-state index contributed by atoms with van der Waals surface area (Å²) in [5.41, 5.74) is 0.752. The molecule has 118 valence electrons. The highest BCUT2D eigenvalue weighted by atomic mass is 35.5. The number of amides is 2. The number of benzene rings is 1. The Morgan fingerprint density at radius 2 is 2.00 bits per heavy atom. The van der Waals surface area contributed by atoms with Gasteiger partial charge in [0.15, 0.2) is 0 Å². The number of hydrogen-bond donors (Lipinski definition) is 1. The van der Waals surface area contributed by atoms with Crippen LogP contribution in [0.15, 0.2) is 45.7 Å². The molecule has 3 rings (SSSR count). The maximum Gasteiger partial charge on any atom is 0.293 e. The largest absolute Gasteiger partial charge is 0.457 e. The Morgan fingerprint density at radius 3 is 2.74 bits per heavy atom. The highest BCUT2D eigenvalue weighted by molar-refractivity contribution is 8.18. The number of hydrogen-bond acceptors (Lipinski definition) is 5. The summed E-state index contributed by atoms with van der Waals surface area (Å²) in [5, 5.41) is 9.06. The molecule has 1 aliphatic heterocycles. The van der Waals surface area contributed by atoms with Crippen molar-refractivity contribution in [2.24, 2.45) is 0 Å². The van der Waals surface area contributed by atoms with Crippen molar-refractivity contribution in [1.29, 1.82) is 0 Å². The Hall–Kier alpha value is -2.02. The molecule has 0 bridgehead atoms. The van der Waals surface area contributed by atoms with Crippen LogP contribution in [0.4, 0.5) is 4.79 Å². The first-order valence-electron chi connectivity index (χ1n) is 6.81. The molecule has 5 nitrogen and oxygen atoms in total. The maximum absolute atomic E-state index is 12.1. The van der Waals surface area contributed by atoms with Crippen molar-refractivity contribution in [2.75, 3.05) is 13.2 Å². The molecule has 1 fully saturated rings. The lowest BCUT2D eigenvalue weighted by atomic mass is 10.2. The molecule has 2 heterocycles. The highest BCUT2D eigenvalue weighted by Gasteiger charge is 2.34. The average Bonchev–Trinajstić information content (AvgIpc) is 3.09. The van der Waals surface area contributed by atoms with Crippen LogP contribution >= 0.6 is 23.4 Å². The van der Waals surface area contributed by atoms with E-state index in [1.54, 1.807) is 18.2 Å². The van der Waals surface area contributed by atoms with Crippen molar-refractivity contribution in [1.82, 2.24) is 4.90 Å². The topological polar surface area (TPSA) is 70.8 Å². The summed E-state index contributed by atoms with van der Waals surface area (Å²) >= 11 is 6.95. The Morgan fingerprint density at radius 1 is 1.22 bits per heavy atom. The van der Waals surface area contributed by atoms with Crippen LogP contribution in [0.25, 0.3) is 17.4 Å². The molecule has 2 amide bonds. The number of β-amino-alcohol motifs (C(OH)–C–C–N with tert-alkyl or cyclic N) is 1. The summed E-state index contributed by atoms with van der Waals surface area (Å²) in [4.78, 5) is 25.1. The molecule has 0 radical (unpaired) electrons. The van der Waals surface area contributed by atoms with Gasteiger partial charge >= 0.3 is 0 Å². The molecule has 1 aliphatic rings. The summed E-state index contributed by atoms with van der Waals surface area (Å²) in [7, 11) is 0. The third-order valence-corrected chi connectivity index (χ3v) is 4.47. The first-order chi connectivity index (χ1) is 11.1. The van der Waals surface area contributed by atoms with Crippen molar-refractivity contribution in [3.63, 3.8) is 0 Å². The predicted octanol–water partition coefficient (Wildman–Crippen LogP) is 3.63. The summed E-state index contributed by atoms with van der Waals surface area (Å²) in [6.07, 6.45) is 1.52. The van der Waals surface area contributed by atoms with E-state index in [-0.39, 0.29) is 18.1 Å². The lowest BCUT2D eigenvalue weighted by Crippen LogP contribution is -2.30. The lowest BCUT2D eigenvalue weighted by Gasteiger charge is -2.08. The van der Waals surface area contributed by atoms with Crippen LogP contribution in [-0.4, -0.2) is 34.3 Å². The van der Waals surface area contributed by atoms with Crippen molar-refractivity contribution in [3.8, 4) is 11.3 Å². The third kappa shape index (κ3) is 3.19. The molecule has 1 aromatic heterocycles. The number of aliphatic hydroxyl groups excluding tert-OH is 1. The number of carbonyl (C=O) groups is 2. The van der Waals surface area contributed by atoms with Gasteiger partial charge < -0.3 is 9.52 Å². The predicted molar refractivity (Wildman–Crippen MR) is 88.9 cm³/mol. The number of halogens is 1. The molecule has 1 aromatic carbocycles. The Labute approximate surface area is 141 Å².